The van der Waals surface area contributed by atoms with E-state index < -0.39 is 6.10 Å². The third-order valence-electron chi connectivity index (χ3n) is 2.49. The fourth-order valence-corrected chi connectivity index (χ4v) is 1.54. The molecule has 0 heterocycles. The van der Waals surface area contributed by atoms with E-state index in [0.717, 1.165) is 32.1 Å². The highest BCUT2D eigenvalue weighted by Gasteiger charge is 2.19. The number of esters is 1. The van der Waals surface area contributed by atoms with E-state index in [-0.39, 0.29) is 19.2 Å². The zero-order valence-electron chi connectivity index (χ0n) is 11.5. The number of carbonyl (C=O) groups is 1. The highest BCUT2D eigenvalue weighted by Crippen LogP contribution is 2.05. The lowest BCUT2D eigenvalue weighted by Gasteiger charge is -2.15. The van der Waals surface area contributed by atoms with Gasteiger partial charge >= 0.3 is 5.97 Å². The molecule has 18 heavy (non-hydrogen) atoms. The SMILES string of the molecule is CCOC(=O)C(COC)OCCCCCCCO. The Morgan fingerprint density at radius 3 is 2.44 bits per heavy atom. The third kappa shape index (κ3) is 9.39. The molecule has 0 radical (unpaired) electrons. The normalized spacial score (nSPS) is 12.4. The van der Waals surface area contributed by atoms with Crippen molar-refractivity contribution in [1.29, 1.82) is 0 Å². The van der Waals surface area contributed by atoms with Gasteiger partial charge in [0.2, 0.25) is 0 Å². The number of hydrogen-bond acceptors (Lipinski definition) is 5. The van der Waals surface area contributed by atoms with Gasteiger partial charge in [-0.15, -0.1) is 0 Å². The molecule has 5 heteroatoms. The summed E-state index contributed by atoms with van der Waals surface area (Å²) in [6, 6.07) is 0. The van der Waals surface area contributed by atoms with Gasteiger partial charge in [-0.1, -0.05) is 19.3 Å². The maximum Gasteiger partial charge on any atom is 0.337 e. The Morgan fingerprint density at radius 2 is 1.83 bits per heavy atom. The van der Waals surface area contributed by atoms with Crippen LogP contribution in [0, 0.1) is 0 Å². The topological polar surface area (TPSA) is 65.0 Å². The molecular weight excluding hydrogens is 236 g/mol. The predicted octanol–water partition coefficient (Wildman–Crippen LogP) is 1.52. The minimum absolute atomic E-state index is 0.226. The van der Waals surface area contributed by atoms with Crippen molar-refractivity contribution in [2.45, 2.75) is 45.1 Å². The van der Waals surface area contributed by atoms with E-state index in [1.54, 1.807) is 6.92 Å². The molecule has 0 aromatic heterocycles. The largest absolute Gasteiger partial charge is 0.464 e. The zero-order valence-corrected chi connectivity index (χ0v) is 11.5. The summed E-state index contributed by atoms with van der Waals surface area (Å²) in [6.07, 6.45) is 4.31. The summed E-state index contributed by atoms with van der Waals surface area (Å²) in [5, 5.41) is 8.62. The van der Waals surface area contributed by atoms with Crippen molar-refractivity contribution in [2.75, 3.05) is 33.5 Å². The van der Waals surface area contributed by atoms with Crippen LogP contribution in [0.3, 0.4) is 0 Å². The number of methoxy groups -OCH3 is 1. The average Bonchev–Trinajstić information content (AvgIpc) is 2.36. The minimum atomic E-state index is -0.618. The Labute approximate surface area is 109 Å². The van der Waals surface area contributed by atoms with Crippen LogP contribution in [0.25, 0.3) is 0 Å². The van der Waals surface area contributed by atoms with Gasteiger partial charge in [0.05, 0.1) is 13.2 Å². The second-order valence-corrected chi connectivity index (χ2v) is 4.06. The van der Waals surface area contributed by atoms with Crippen molar-refractivity contribution >= 4 is 5.97 Å². The van der Waals surface area contributed by atoms with Crippen LogP contribution in [0.4, 0.5) is 0 Å². The molecule has 0 fully saturated rings. The Balaban J connectivity index is 3.60. The lowest BCUT2D eigenvalue weighted by Crippen LogP contribution is -2.31. The first-order valence-electron chi connectivity index (χ1n) is 6.64. The fraction of sp³-hybridized carbons (Fsp3) is 0.923. The van der Waals surface area contributed by atoms with Crippen LogP contribution in [0.15, 0.2) is 0 Å². The molecule has 0 saturated heterocycles. The molecule has 1 unspecified atom stereocenters. The second-order valence-electron chi connectivity index (χ2n) is 4.06. The predicted molar refractivity (Wildman–Crippen MR) is 68.4 cm³/mol. The van der Waals surface area contributed by atoms with Crippen molar-refractivity contribution in [3.63, 3.8) is 0 Å². The first-order valence-corrected chi connectivity index (χ1v) is 6.64. The summed E-state index contributed by atoms with van der Waals surface area (Å²) >= 11 is 0. The van der Waals surface area contributed by atoms with E-state index in [0.29, 0.717) is 13.2 Å². The third-order valence-corrected chi connectivity index (χ3v) is 2.49. The van der Waals surface area contributed by atoms with Crippen LogP contribution < -0.4 is 0 Å². The van der Waals surface area contributed by atoms with Gasteiger partial charge in [0.1, 0.15) is 0 Å². The lowest BCUT2D eigenvalue weighted by molar-refractivity contribution is -0.160. The van der Waals surface area contributed by atoms with Crippen molar-refractivity contribution in [3.05, 3.63) is 0 Å². The van der Waals surface area contributed by atoms with E-state index in [1.165, 1.54) is 7.11 Å². The molecule has 0 aliphatic heterocycles. The molecule has 0 aliphatic carbocycles. The molecule has 108 valence electrons. The maximum atomic E-state index is 11.5. The number of ether oxygens (including phenoxy) is 3. The summed E-state index contributed by atoms with van der Waals surface area (Å²) in [6.45, 7) is 3.14. The molecule has 0 rings (SSSR count). The summed E-state index contributed by atoms with van der Waals surface area (Å²) in [5.41, 5.74) is 0. The number of unbranched alkanes of at least 4 members (excludes halogenated alkanes) is 4. The average molecular weight is 262 g/mol. The van der Waals surface area contributed by atoms with E-state index in [4.69, 9.17) is 19.3 Å². The van der Waals surface area contributed by atoms with Crippen LogP contribution in [0.2, 0.25) is 0 Å². The first-order chi connectivity index (χ1) is 8.76. The van der Waals surface area contributed by atoms with Crippen molar-refractivity contribution in [2.24, 2.45) is 0 Å². The lowest BCUT2D eigenvalue weighted by atomic mass is 10.1. The van der Waals surface area contributed by atoms with Crippen LogP contribution in [-0.2, 0) is 19.0 Å². The monoisotopic (exact) mass is 262 g/mol. The number of aliphatic hydroxyl groups excluding tert-OH is 1. The number of hydrogen-bond donors (Lipinski definition) is 1. The zero-order chi connectivity index (χ0) is 13.6. The summed E-state index contributed by atoms with van der Waals surface area (Å²) < 4.78 is 15.3. The molecule has 0 aromatic rings. The van der Waals surface area contributed by atoms with E-state index in [2.05, 4.69) is 0 Å². The number of aliphatic hydroxyl groups is 1. The standard InChI is InChI=1S/C13H26O5/c1-3-17-13(15)12(11-16-2)18-10-8-6-4-5-7-9-14/h12,14H,3-11H2,1-2H3. The van der Waals surface area contributed by atoms with Crippen LogP contribution in [-0.4, -0.2) is 50.7 Å². The van der Waals surface area contributed by atoms with Gasteiger partial charge in [-0.2, -0.15) is 0 Å². The van der Waals surface area contributed by atoms with Crippen LogP contribution in [0.1, 0.15) is 39.0 Å². The summed E-state index contributed by atoms with van der Waals surface area (Å²) in [5.74, 6) is -0.361. The minimum Gasteiger partial charge on any atom is -0.464 e. The highest BCUT2D eigenvalue weighted by molar-refractivity contribution is 5.74. The fourth-order valence-electron chi connectivity index (χ4n) is 1.54. The van der Waals surface area contributed by atoms with Crippen LogP contribution in [0.5, 0.6) is 0 Å². The van der Waals surface area contributed by atoms with Crippen molar-refractivity contribution in [1.82, 2.24) is 0 Å². The van der Waals surface area contributed by atoms with E-state index in [9.17, 15) is 4.79 Å². The molecule has 0 aliphatic rings. The second kappa shape index (κ2) is 12.8. The Bertz CT molecular complexity index is 196. The van der Waals surface area contributed by atoms with Gasteiger partial charge in [0.15, 0.2) is 6.10 Å². The van der Waals surface area contributed by atoms with Crippen molar-refractivity contribution in [3.8, 4) is 0 Å². The Kier molecular flexibility index (Phi) is 12.3. The smallest absolute Gasteiger partial charge is 0.337 e. The van der Waals surface area contributed by atoms with Gasteiger partial charge < -0.3 is 19.3 Å². The van der Waals surface area contributed by atoms with Crippen LogP contribution >= 0.6 is 0 Å². The maximum absolute atomic E-state index is 11.5. The Hall–Kier alpha value is -0.650. The highest BCUT2D eigenvalue weighted by atomic mass is 16.6. The van der Waals surface area contributed by atoms with Crippen molar-refractivity contribution < 1.29 is 24.1 Å². The van der Waals surface area contributed by atoms with Gasteiger partial charge in [0.25, 0.3) is 0 Å². The van der Waals surface area contributed by atoms with E-state index in [1.807, 2.05) is 0 Å². The molecular formula is C13H26O5. The molecule has 1 N–H and O–H groups in total. The molecule has 5 nitrogen and oxygen atoms in total. The first kappa shape index (κ1) is 17.4. The quantitative estimate of drug-likeness (QED) is 0.427. The number of carbonyl (C=O) groups excluding carboxylic acids is 1. The molecule has 0 amide bonds. The van der Waals surface area contributed by atoms with Gasteiger partial charge in [-0.05, 0) is 19.8 Å². The van der Waals surface area contributed by atoms with E-state index >= 15 is 0 Å². The molecule has 1 atom stereocenters. The summed E-state index contributed by atoms with van der Waals surface area (Å²) in [4.78, 5) is 11.5. The summed E-state index contributed by atoms with van der Waals surface area (Å²) in [7, 11) is 1.53. The Morgan fingerprint density at radius 1 is 1.17 bits per heavy atom. The number of rotatable bonds is 12. The van der Waals surface area contributed by atoms with Gasteiger partial charge in [-0.3, -0.25) is 0 Å². The molecule has 0 bridgehead atoms. The van der Waals surface area contributed by atoms with Gasteiger partial charge in [-0.25, -0.2) is 4.79 Å². The molecule has 0 saturated carbocycles. The van der Waals surface area contributed by atoms with Gasteiger partial charge in [0, 0.05) is 20.3 Å². The molecule has 0 spiro atoms. The molecule has 0 aromatic carbocycles.